The SMILES string of the molecule is CCOC(=O)c1ccc(S(=O)(=O)Nc2cccc(-c3n[nH]c4c3CCC4)c2)cc1. The van der Waals surface area contributed by atoms with Gasteiger partial charge in [-0.25, -0.2) is 13.2 Å². The average molecular weight is 411 g/mol. The second-order valence-corrected chi connectivity index (χ2v) is 8.50. The van der Waals surface area contributed by atoms with Gasteiger partial charge in [0.25, 0.3) is 10.0 Å². The Labute approximate surface area is 169 Å². The third-order valence-corrected chi connectivity index (χ3v) is 6.27. The summed E-state index contributed by atoms with van der Waals surface area (Å²) in [5, 5.41) is 7.47. The normalized spacial score (nSPS) is 13.1. The highest BCUT2D eigenvalue weighted by atomic mass is 32.2. The van der Waals surface area contributed by atoms with Crippen LogP contribution < -0.4 is 4.72 Å². The Balaban J connectivity index is 1.56. The first-order valence-electron chi connectivity index (χ1n) is 9.44. The molecule has 3 aromatic rings. The van der Waals surface area contributed by atoms with Gasteiger partial charge < -0.3 is 4.74 Å². The first-order valence-corrected chi connectivity index (χ1v) is 10.9. The number of benzene rings is 2. The third-order valence-electron chi connectivity index (χ3n) is 4.87. The van der Waals surface area contributed by atoms with Gasteiger partial charge in [0, 0.05) is 22.5 Å². The Hall–Kier alpha value is -3.13. The number of aromatic amines is 1. The monoisotopic (exact) mass is 411 g/mol. The zero-order valence-corrected chi connectivity index (χ0v) is 16.8. The molecule has 1 heterocycles. The Bertz CT molecular complexity index is 1150. The van der Waals surface area contributed by atoms with Crippen LogP contribution in [-0.4, -0.2) is 31.2 Å². The van der Waals surface area contributed by atoms with E-state index in [0.29, 0.717) is 11.3 Å². The highest BCUT2D eigenvalue weighted by molar-refractivity contribution is 7.92. The summed E-state index contributed by atoms with van der Waals surface area (Å²) in [5.41, 5.74) is 4.86. The van der Waals surface area contributed by atoms with Gasteiger partial charge in [0.05, 0.1) is 22.8 Å². The summed E-state index contributed by atoms with van der Waals surface area (Å²) in [6.07, 6.45) is 3.07. The fraction of sp³-hybridized carbons (Fsp3) is 0.238. The highest BCUT2D eigenvalue weighted by Crippen LogP contribution is 2.31. The van der Waals surface area contributed by atoms with Crippen LogP contribution in [0.5, 0.6) is 0 Å². The minimum atomic E-state index is -3.80. The topological polar surface area (TPSA) is 101 Å². The van der Waals surface area contributed by atoms with E-state index in [-0.39, 0.29) is 11.5 Å². The number of nitrogens with one attached hydrogen (secondary N) is 2. The zero-order valence-electron chi connectivity index (χ0n) is 15.9. The number of aromatic nitrogens is 2. The van der Waals surface area contributed by atoms with Gasteiger partial charge in [-0.3, -0.25) is 9.82 Å². The van der Waals surface area contributed by atoms with E-state index in [1.54, 1.807) is 25.1 Å². The summed E-state index contributed by atoms with van der Waals surface area (Å²) in [5.74, 6) is -0.483. The average Bonchev–Trinajstić information content (AvgIpc) is 3.32. The van der Waals surface area contributed by atoms with Gasteiger partial charge >= 0.3 is 5.97 Å². The van der Waals surface area contributed by atoms with Gasteiger partial charge in [0.15, 0.2) is 0 Å². The van der Waals surface area contributed by atoms with E-state index in [0.717, 1.165) is 36.2 Å². The molecule has 0 bridgehead atoms. The van der Waals surface area contributed by atoms with E-state index in [1.807, 2.05) is 6.07 Å². The molecule has 0 radical (unpaired) electrons. The summed E-state index contributed by atoms with van der Waals surface area (Å²) < 4.78 is 33.0. The third kappa shape index (κ3) is 3.88. The maximum Gasteiger partial charge on any atom is 0.338 e. The van der Waals surface area contributed by atoms with Crippen molar-refractivity contribution in [3.8, 4) is 11.3 Å². The number of sulfonamides is 1. The molecule has 0 aliphatic heterocycles. The number of hydrogen-bond donors (Lipinski definition) is 2. The molecule has 29 heavy (non-hydrogen) atoms. The number of carbonyl (C=O) groups excluding carboxylic acids is 1. The lowest BCUT2D eigenvalue weighted by atomic mass is 10.1. The smallest absolute Gasteiger partial charge is 0.338 e. The molecular weight excluding hydrogens is 390 g/mol. The molecule has 0 fully saturated rings. The quantitative estimate of drug-likeness (QED) is 0.604. The van der Waals surface area contributed by atoms with Crippen LogP contribution in [0.2, 0.25) is 0 Å². The second-order valence-electron chi connectivity index (χ2n) is 6.81. The first kappa shape index (κ1) is 19.2. The standard InChI is InChI=1S/C21H21N3O4S/c1-2-28-21(25)14-9-11-17(12-10-14)29(26,27)24-16-6-3-5-15(13-16)20-18-7-4-8-19(18)22-23-20/h3,5-6,9-13,24H,2,4,7-8H2,1H3,(H,22,23). The number of carbonyl (C=O) groups is 1. The molecule has 150 valence electrons. The zero-order chi connectivity index (χ0) is 20.4. The molecule has 2 aromatic carbocycles. The minimum Gasteiger partial charge on any atom is -0.462 e. The highest BCUT2D eigenvalue weighted by Gasteiger charge is 2.20. The second kappa shape index (κ2) is 7.71. The van der Waals surface area contributed by atoms with Crippen molar-refractivity contribution in [1.29, 1.82) is 0 Å². The molecule has 1 aromatic heterocycles. The summed E-state index contributed by atoms with van der Waals surface area (Å²) in [6, 6.07) is 12.8. The van der Waals surface area contributed by atoms with Gasteiger partial charge in [-0.1, -0.05) is 12.1 Å². The summed E-state index contributed by atoms with van der Waals surface area (Å²) in [6.45, 7) is 1.97. The molecule has 0 saturated carbocycles. The predicted molar refractivity (Wildman–Crippen MR) is 109 cm³/mol. The lowest BCUT2D eigenvalue weighted by Gasteiger charge is -2.10. The number of ether oxygens (including phenoxy) is 1. The lowest BCUT2D eigenvalue weighted by Crippen LogP contribution is -2.13. The van der Waals surface area contributed by atoms with E-state index >= 15 is 0 Å². The molecular formula is C21H21N3O4S. The fourth-order valence-electron chi connectivity index (χ4n) is 3.49. The number of nitrogens with zero attached hydrogens (tertiary/aromatic N) is 1. The van der Waals surface area contributed by atoms with E-state index in [9.17, 15) is 13.2 Å². The van der Waals surface area contributed by atoms with Gasteiger partial charge in [0.1, 0.15) is 0 Å². The molecule has 4 rings (SSSR count). The Morgan fingerprint density at radius 1 is 1.17 bits per heavy atom. The van der Waals surface area contributed by atoms with E-state index in [4.69, 9.17) is 4.74 Å². The molecule has 1 aliphatic rings. The number of fused-ring (bicyclic) bond motifs is 1. The number of hydrogen-bond acceptors (Lipinski definition) is 5. The molecule has 1 aliphatic carbocycles. The number of H-pyrrole nitrogens is 1. The lowest BCUT2D eigenvalue weighted by molar-refractivity contribution is 0.0526. The van der Waals surface area contributed by atoms with Gasteiger partial charge in [-0.2, -0.15) is 5.10 Å². The number of aryl methyl sites for hydroxylation is 1. The van der Waals surface area contributed by atoms with Crippen LogP contribution in [0, 0.1) is 0 Å². The van der Waals surface area contributed by atoms with Crippen LogP contribution in [0.4, 0.5) is 5.69 Å². The number of anilines is 1. The van der Waals surface area contributed by atoms with Crippen molar-refractivity contribution in [3.63, 3.8) is 0 Å². The largest absolute Gasteiger partial charge is 0.462 e. The van der Waals surface area contributed by atoms with Crippen LogP contribution in [0.25, 0.3) is 11.3 Å². The van der Waals surface area contributed by atoms with E-state index < -0.39 is 16.0 Å². The number of rotatable bonds is 6. The molecule has 2 N–H and O–H groups in total. The molecule has 0 unspecified atom stereocenters. The van der Waals surface area contributed by atoms with Crippen LogP contribution in [-0.2, 0) is 27.6 Å². The van der Waals surface area contributed by atoms with E-state index in [2.05, 4.69) is 14.9 Å². The van der Waals surface area contributed by atoms with Crippen molar-refractivity contribution >= 4 is 21.7 Å². The van der Waals surface area contributed by atoms with Crippen molar-refractivity contribution in [2.45, 2.75) is 31.1 Å². The van der Waals surface area contributed by atoms with Crippen LogP contribution in [0.3, 0.4) is 0 Å². The Morgan fingerprint density at radius 3 is 2.72 bits per heavy atom. The van der Waals surface area contributed by atoms with Crippen molar-refractivity contribution < 1.29 is 17.9 Å². The molecule has 8 heteroatoms. The van der Waals surface area contributed by atoms with Gasteiger partial charge in [-0.05, 0) is 62.6 Å². The van der Waals surface area contributed by atoms with Crippen molar-refractivity contribution in [2.24, 2.45) is 0 Å². The molecule has 7 nitrogen and oxygen atoms in total. The predicted octanol–water partition coefficient (Wildman–Crippen LogP) is 3.54. The van der Waals surface area contributed by atoms with Gasteiger partial charge in [0.2, 0.25) is 0 Å². The number of esters is 1. The molecule has 0 saturated heterocycles. The Morgan fingerprint density at radius 2 is 1.97 bits per heavy atom. The summed E-state index contributed by atoms with van der Waals surface area (Å²) >= 11 is 0. The Kier molecular flexibility index (Phi) is 5.10. The van der Waals surface area contributed by atoms with Crippen molar-refractivity contribution in [1.82, 2.24) is 10.2 Å². The van der Waals surface area contributed by atoms with Crippen LogP contribution >= 0.6 is 0 Å². The maximum absolute atomic E-state index is 12.7. The summed E-state index contributed by atoms with van der Waals surface area (Å²) in [7, 11) is -3.80. The minimum absolute atomic E-state index is 0.0663. The van der Waals surface area contributed by atoms with Crippen molar-refractivity contribution in [2.75, 3.05) is 11.3 Å². The maximum atomic E-state index is 12.7. The van der Waals surface area contributed by atoms with E-state index in [1.165, 1.54) is 29.8 Å². The fourth-order valence-corrected chi connectivity index (χ4v) is 4.54. The van der Waals surface area contributed by atoms with Crippen LogP contribution in [0.1, 0.15) is 35.0 Å². The first-order chi connectivity index (χ1) is 14.0. The van der Waals surface area contributed by atoms with Crippen LogP contribution in [0.15, 0.2) is 53.4 Å². The molecule has 0 spiro atoms. The summed E-state index contributed by atoms with van der Waals surface area (Å²) in [4.78, 5) is 11.8. The molecule has 0 amide bonds. The van der Waals surface area contributed by atoms with Crippen molar-refractivity contribution in [3.05, 3.63) is 65.4 Å². The van der Waals surface area contributed by atoms with Gasteiger partial charge in [-0.15, -0.1) is 0 Å². The molecule has 0 atom stereocenters.